The summed E-state index contributed by atoms with van der Waals surface area (Å²) in [6.45, 7) is 3.34. The van der Waals surface area contributed by atoms with Gasteiger partial charge in [0.2, 0.25) is 12.7 Å². The van der Waals surface area contributed by atoms with Gasteiger partial charge in [0.1, 0.15) is 5.69 Å². The third kappa shape index (κ3) is 2.64. The van der Waals surface area contributed by atoms with Crippen LogP contribution in [0.25, 0.3) is 0 Å². The quantitative estimate of drug-likeness (QED) is 0.633. The molecule has 1 aromatic rings. The van der Waals surface area contributed by atoms with Gasteiger partial charge in [-0.3, -0.25) is 14.9 Å². The molecule has 8 nitrogen and oxygen atoms in total. The predicted octanol–water partition coefficient (Wildman–Crippen LogP) is 1.25. The summed E-state index contributed by atoms with van der Waals surface area (Å²) < 4.78 is 10.2. The van der Waals surface area contributed by atoms with Crippen molar-refractivity contribution in [1.29, 1.82) is 0 Å². The molecular formula is C12H15N3O5. The molecule has 1 aromatic carbocycles. The highest BCUT2D eigenvalue weighted by atomic mass is 16.7. The van der Waals surface area contributed by atoms with Crippen LogP contribution in [0.15, 0.2) is 12.1 Å². The third-order valence-corrected chi connectivity index (χ3v) is 3.15. The van der Waals surface area contributed by atoms with Crippen LogP contribution in [0.4, 0.5) is 11.4 Å². The normalized spacial score (nSPS) is 15.6. The van der Waals surface area contributed by atoms with Gasteiger partial charge < -0.3 is 20.5 Å². The van der Waals surface area contributed by atoms with Crippen LogP contribution in [0.5, 0.6) is 11.5 Å². The standard InChI is InChI=1S/C12H15N3O5/c1-6(7(2)13)12(16)14-8-3-10-11(20-5-19-10)4-9(8)15(17)18/h3-4,6-7H,5,13H2,1-2H3,(H,14,16). The number of nitro benzene ring substituents is 1. The SMILES string of the molecule is CC(N)C(C)C(=O)Nc1cc2c(cc1[N+](=O)[O-])OCO2. The van der Waals surface area contributed by atoms with Gasteiger partial charge in [0, 0.05) is 12.1 Å². The number of hydrogen-bond donors (Lipinski definition) is 2. The molecular weight excluding hydrogens is 266 g/mol. The molecule has 8 heteroatoms. The summed E-state index contributed by atoms with van der Waals surface area (Å²) in [5.41, 5.74) is 5.46. The summed E-state index contributed by atoms with van der Waals surface area (Å²) in [6.07, 6.45) is 0. The number of hydrogen-bond acceptors (Lipinski definition) is 6. The fraction of sp³-hybridized carbons (Fsp3) is 0.417. The van der Waals surface area contributed by atoms with E-state index in [0.717, 1.165) is 0 Å². The minimum Gasteiger partial charge on any atom is -0.454 e. The average Bonchev–Trinajstić information content (AvgIpc) is 2.83. The lowest BCUT2D eigenvalue weighted by atomic mass is 10.0. The summed E-state index contributed by atoms with van der Waals surface area (Å²) in [5.74, 6) is -0.212. The van der Waals surface area contributed by atoms with E-state index in [4.69, 9.17) is 15.2 Å². The van der Waals surface area contributed by atoms with E-state index in [2.05, 4.69) is 5.32 Å². The number of amides is 1. The van der Waals surface area contributed by atoms with Crippen LogP contribution in [0.3, 0.4) is 0 Å². The lowest BCUT2D eigenvalue weighted by Gasteiger charge is -2.15. The monoisotopic (exact) mass is 281 g/mol. The number of fused-ring (bicyclic) bond motifs is 1. The summed E-state index contributed by atoms with van der Waals surface area (Å²) in [6, 6.07) is 2.25. The van der Waals surface area contributed by atoms with Crippen LogP contribution in [0.1, 0.15) is 13.8 Å². The summed E-state index contributed by atoms with van der Waals surface area (Å²) in [7, 11) is 0. The Bertz CT molecular complexity index is 558. The van der Waals surface area contributed by atoms with E-state index in [1.807, 2.05) is 0 Å². The highest BCUT2D eigenvalue weighted by molar-refractivity contribution is 5.95. The van der Waals surface area contributed by atoms with Crippen LogP contribution in [0.2, 0.25) is 0 Å². The molecule has 2 rings (SSSR count). The van der Waals surface area contributed by atoms with Crippen LogP contribution < -0.4 is 20.5 Å². The molecule has 0 bridgehead atoms. The Hall–Kier alpha value is -2.35. The zero-order valence-electron chi connectivity index (χ0n) is 11.1. The number of ether oxygens (including phenoxy) is 2. The van der Waals surface area contributed by atoms with Gasteiger partial charge >= 0.3 is 0 Å². The number of rotatable bonds is 4. The molecule has 1 heterocycles. The second kappa shape index (κ2) is 5.33. The Morgan fingerprint density at radius 1 is 1.40 bits per heavy atom. The molecule has 1 amide bonds. The van der Waals surface area contributed by atoms with Crippen molar-refractivity contribution >= 4 is 17.3 Å². The van der Waals surface area contributed by atoms with E-state index in [1.54, 1.807) is 13.8 Å². The molecule has 0 saturated carbocycles. The van der Waals surface area contributed by atoms with Gasteiger partial charge in [-0.1, -0.05) is 6.92 Å². The topological polar surface area (TPSA) is 117 Å². The second-order valence-electron chi connectivity index (χ2n) is 4.62. The Balaban J connectivity index is 2.31. The lowest BCUT2D eigenvalue weighted by molar-refractivity contribution is -0.384. The molecule has 3 N–H and O–H groups in total. The van der Waals surface area contributed by atoms with Crippen molar-refractivity contribution in [1.82, 2.24) is 0 Å². The summed E-state index contributed by atoms with van der Waals surface area (Å²) in [4.78, 5) is 22.4. The van der Waals surface area contributed by atoms with Gasteiger partial charge in [0.05, 0.1) is 16.9 Å². The van der Waals surface area contributed by atoms with Crippen molar-refractivity contribution in [2.24, 2.45) is 11.7 Å². The fourth-order valence-electron chi connectivity index (χ4n) is 1.67. The van der Waals surface area contributed by atoms with Crippen molar-refractivity contribution in [3.63, 3.8) is 0 Å². The first kappa shape index (κ1) is 14.1. The molecule has 1 aliphatic rings. The number of benzene rings is 1. The Labute approximate surface area is 115 Å². The fourth-order valence-corrected chi connectivity index (χ4v) is 1.67. The van der Waals surface area contributed by atoms with Crippen LogP contribution in [-0.2, 0) is 4.79 Å². The highest BCUT2D eigenvalue weighted by Crippen LogP contribution is 2.40. The van der Waals surface area contributed by atoms with Crippen LogP contribution in [-0.4, -0.2) is 23.7 Å². The second-order valence-corrected chi connectivity index (χ2v) is 4.62. The maximum Gasteiger partial charge on any atom is 0.296 e. The van der Waals surface area contributed by atoms with Gasteiger partial charge in [0.15, 0.2) is 11.5 Å². The third-order valence-electron chi connectivity index (χ3n) is 3.15. The molecule has 20 heavy (non-hydrogen) atoms. The van der Waals surface area contributed by atoms with E-state index in [9.17, 15) is 14.9 Å². The van der Waals surface area contributed by atoms with E-state index in [0.29, 0.717) is 5.75 Å². The van der Waals surface area contributed by atoms with E-state index >= 15 is 0 Å². The zero-order chi connectivity index (χ0) is 14.9. The first-order valence-electron chi connectivity index (χ1n) is 6.04. The average molecular weight is 281 g/mol. The number of carbonyl (C=O) groups is 1. The Morgan fingerprint density at radius 2 is 2.00 bits per heavy atom. The number of nitro groups is 1. The number of anilines is 1. The molecule has 0 fully saturated rings. The van der Waals surface area contributed by atoms with Crippen molar-refractivity contribution in [2.45, 2.75) is 19.9 Å². The Morgan fingerprint density at radius 3 is 2.55 bits per heavy atom. The van der Waals surface area contributed by atoms with E-state index in [-0.39, 0.29) is 35.9 Å². The van der Waals surface area contributed by atoms with Gasteiger partial charge in [-0.25, -0.2) is 0 Å². The number of nitrogens with two attached hydrogens (primary N) is 1. The largest absolute Gasteiger partial charge is 0.454 e. The van der Waals surface area contributed by atoms with Gasteiger partial charge in [0.25, 0.3) is 5.69 Å². The molecule has 108 valence electrons. The van der Waals surface area contributed by atoms with Crippen molar-refractivity contribution in [3.05, 3.63) is 22.2 Å². The van der Waals surface area contributed by atoms with Crippen LogP contribution in [0, 0.1) is 16.0 Å². The molecule has 2 atom stereocenters. The molecule has 0 aromatic heterocycles. The molecule has 0 saturated heterocycles. The van der Waals surface area contributed by atoms with E-state index in [1.165, 1.54) is 12.1 Å². The zero-order valence-corrected chi connectivity index (χ0v) is 11.1. The van der Waals surface area contributed by atoms with Crippen molar-refractivity contribution in [3.8, 4) is 11.5 Å². The Kier molecular flexibility index (Phi) is 3.75. The predicted molar refractivity (Wildman–Crippen MR) is 70.7 cm³/mol. The highest BCUT2D eigenvalue weighted by Gasteiger charge is 2.26. The lowest BCUT2D eigenvalue weighted by Crippen LogP contribution is -2.34. The number of nitrogens with one attached hydrogen (secondary N) is 1. The molecule has 0 spiro atoms. The first-order chi connectivity index (χ1) is 9.40. The molecule has 1 aliphatic heterocycles. The molecule has 0 aliphatic carbocycles. The number of nitrogens with zero attached hydrogens (tertiary/aromatic N) is 1. The van der Waals surface area contributed by atoms with Gasteiger partial charge in [-0.05, 0) is 6.92 Å². The summed E-state index contributed by atoms with van der Waals surface area (Å²) >= 11 is 0. The van der Waals surface area contributed by atoms with Gasteiger partial charge in [-0.15, -0.1) is 0 Å². The summed E-state index contributed by atoms with van der Waals surface area (Å²) in [5, 5.41) is 13.5. The minimum atomic E-state index is -0.589. The van der Waals surface area contributed by atoms with Crippen molar-refractivity contribution < 1.29 is 19.2 Å². The van der Waals surface area contributed by atoms with Crippen molar-refractivity contribution in [2.75, 3.05) is 12.1 Å². The molecule has 2 unspecified atom stereocenters. The smallest absolute Gasteiger partial charge is 0.296 e. The first-order valence-corrected chi connectivity index (χ1v) is 6.04. The maximum absolute atomic E-state index is 11.9. The van der Waals surface area contributed by atoms with Gasteiger partial charge in [-0.2, -0.15) is 0 Å². The van der Waals surface area contributed by atoms with E-state index < -0.39 is 10.8 Å². The maximum atomic E-state index is 11.9. The number of carbonyl (C=O) groups excluding carboxylic acids is 1. The minimum absolute atomic E-state index is 0.000123. The molecule has 0 radical (unpaired) electrons. The van der Waals surface area contributed by atoms with Crippen LogP contribution >= 0.6 is 0 Å².